The average molecular weight is 708 g/mol. The van der Waals surface area contributed by atoms with Crippen LogP contribution in [0.4, 0.5) is 0 Å². The molecule has 0 spiro atoms. The van der Waals surface area contributed by atoms with E-state index in [9.17, 15) is 23.8 Å². The molecule has 0 aromatic carbocycles. The molecule has 0 aliphatic carbocycles. The van der Waals surface area contributed by atoms with Gasteiger partial charge in [-0.2, -0.15) is 0 Å². The number of carboxylic acids is 1. The third-order valence-corrected chi connectivity index (χ3v) is 7.47. The number of carbonyl (C=O) groups is 3. The molecule has 3 atom stereocenters. The highest BCUT2D eigenvalue weighted by molar-refractivity contribution is 7.47. The van der Waals surface area contributed by atoms with E-state index in [0.29, 0.717) is 19.3 Å². The van der Waals surface area contributed by atoms with Gasteiger partial charge in [-0.05, 0) is 51.4 Å². The molecule has 0 rings (SSSR count). The molecule has 0 bridgehead atoms. The van der Waals surface area contributed by atoms with Crippen molar-refractivity contribution in [1.82, 2.24) is 0 Å². The molecule has 0 saturated carbocycles. The SMILES string of the molecule is CC/C=C/C=C/C=C/C=C/C=C/CCCC(=O)OC(COC(=O)CCCCCCC/C=C/C/C=C/CC)COP(=O)(O)OC[C@H](N)C(=O)O. The summed E-state index contributed by atoms with van der Waals surface area (Å²) >= 11 is 0. The first kappa shape index (κ1) is 45.7. The van der Waals surface area contributed by atoms with E-state index in [1.54, 1.807) is 0 Å². The van der Waals surface area contributed by atoms with Gasteiger partial charge in [-0.3, -0.25) is 23.4 Å². The van der Waals surface area contributed by atoms with Crippen LogP contribution in [0.3, 0.4) is 0 Å². The Morgan fingerprint density at radius 3 is 1.88 bits per heavy atom. The Morgan fingerprint density at radius 1 is 0.653 bits per heavy atom. The Hall–Kier alpha value is -3.34. The number of rotatable bonds is 30. The van der Waals surface area contributed by atoms with Gasteiger partial charge in [0, 0.05) is 12.8 Å². The molecule has 4 N–H and O–H groups in total. The summed E-state index contributed by atoms with van der Waals surface area (Å²) in [7, 11) is -4.73. The molecule has 0 aromatic rings. The van der Waals surface area contributed by atoms with Crippen molar-refractivity contribution in [2.24, 2.45) is 5.73 Å². The van der Waals surface area contributed by atoms with E-state index >= 15 is 0 Å². The monoisotopic (exact) mass is 707 g/mol. The number of hydrogen-bond donors (Lipinski definition) is 3. The molecule has 0 fully saturated rings. The maximum atomic E-state index is 12.5. The van der Waals surface area contributed by atoms with Gasteiger partial charge < -0.3 is 25.2 Å². The zero-order valence-electron chi connectivity index (χ0n) is 29.2. The van der Waals surface area contributed by atoms with Crippen molar-refractivity contribution in [2.75, 3.05) is 19.8 Å². The Balaban J connectivity index is 4.68. The van der Waals surface area contributed by atoms with Gasteiger partial charge in [0.2, 0.25) is 0 Å². The highest BCUT2D eigenvalue weighted by Gasteiger charge is 2.28. The molecule has 49 heavy (non-hydrogen) atoms. The highest BCUT2D eigenvalue weighted by atomic mass is 31.2. The quantitative estimate of drug-likeness (QED) is 0.0217. The average Bonchev–Trinajstić information content (AvgIpc) is 3.07. The van der Waals surface area contributed by atoms with Crippen LogP contribution in [0, 0.1) is 0 Å². The minimum atomic E-state index is -4.73. The summed E-state index contributed by atoms with van der Waals surface area (Å²) in [6.07, 6.45) is 36.8. The topological polar surface area (TPSA) is 172 Å². The molecule has 11 nitrogen and oxygen atoms in total. The van der Waals surface area contributed by atoms with E-state index < -0.39 is 51.1 Å². The molecule has 0 aliphatic rings. The summed E-state index contributed by atoms with van der Waals surface area (Å²) in [5.41, 5.74) is 5.29. The molecule has 0 aromatic heterocycles. The lowest BCUT2D eigenvalue weighted by molar-refractivity contribution is -0.161. The van der Waals surface area contributed by atoms with Crippen LogP contribution < -0.4 is 5.73 Å². The second-order valence-electron chi connectivity index (χ2n) is 11.0. The number of carbonyl (C=O) groups excluding carboxylic acids is 2. The van der Waals surface area contributed by atoms with Crippen molar-refractivity contribution in [2.45, 2.75) is 109 Å². The Labute approximate surface area is 292 Å². The lowest BCUT2D eigenvalue weighted by Gasteiger charge is -2.20. The molecule has 0 heterocycles. The summed E-state index contributed by atoms with van der Waals surface area (Å²) < 4.78 is 32.3. The van der Waals surface area contributed by atoms with Crippen molar-refractivity contribution >= 4 is 25.7 Å². The van der Waals surface area contributed by atoms with Gasteiger partial charge in [-0.25, -0.2) is 4.57 Å². The summed E-state index contributed by atoms with van der Waals surface area (Å²) in [6, 6.07) is -1.54. The fourth-order valence-corrected chi connectivity index (χ4v) is 4.61. The second kappa shape index (κ2) is 31.9. The van der Waals surface area contributed by atoms with Gasteiger partial charge in [-0.15, -0.1) is 0 Å². The Morgan fingerprint density at radius 2 is 1.20 bits per heavy atom. The molecule has 12 heteroatoms. The number of carboxylic acid groups (broad SMARTS) is 1. The maximum Gasteiger partial charge on any atom is 0.472 e. The minimum Gasteiger partial charge on any atom is -0.480 e. The standard InChI is InChI=1S/C37H58NO10P/c1-3-5-7-9-11-13-15-17-19-21-23-25-27-29-36(40)48-33(31-46-49(43,44)47-32-34(38)37(41)42)30-45-35(39)28-26-24-22-20-18-16-14-12-10-8-6-4-2/h5-9,11-15,17,19,21,23,33-34H,3-4,10,16,18,20,22,24-32,38H2,1-2H3,(H,41,42)(H,43,44)/b7-5+,8-6+,11-9+,14-12+,15-13+,19-17+,23-21+/t33?,34-/m0/s1. The highest BCUT2D eigenvalue weighted by Crippen LogP contribution is 2.43. The van der Waals surface area contributed by atoms with Crippen LogP contribution in [-0.4, -0.2) is 59.9 Å². The summed E-state index contributed by atoms with van der Waals surface area (Å²) in [5, 5.41) is 8.84. The molecular formula is C37H58NO10P. The Kier molecular flexibility index (Phi) is 29.7. The van der Waals surface area contributed by atoms with Crippen molar-refractivity contribution in [3.63, 3.8) is 0 Å². The molecule has 276 valence electrons. The first-order valence-electron chi connectivity index (χ1n) is 17.2. The number of allylic oxidation sites excluding steroid dienone is 14. The van der Waals surface area contributed by atoms with Gasteiger partial charge in [0.05, 0.1) is 13.2 Å². The number of unbranched alkanes of at least 4 members (excludes halogenated alkanes) is 6. The number of aliphatic carboxylic acids is 1. The summed E-state index contributed by atoms with van der Waals surface area (Å²) in [4.78, 5) is 45.6. The summed E-state index contributed by atoms with van der Waals surface area (Å²) in [5.74, 6) is -2.51. The first-order valence-corrected chi connectivity index (χ1v) is 18.7. The van der Waals surface area contributed by atoms with Crippen LogP contribution >= 0.6 is 7.82 Å². The Bertz CT molecular complexity index is 1160. The van der Waals surface area contributed by atoms with E-state index in [4.69, 9.17) is 24.8 Å². The smallest absolute Gasteiger partial charge is 0.472 e. The van der Waals surface area contributed by atoms with Gasteiger partial charge in [0.1, 0.15) is 12.6 Å². The predicted molar refractivity (Wildman–Crippen MR) is 194 cm³/mol. The van der Waals surface area contributed by atoms with Crippen LogP contribution in [0.1, 0.15) is 97.3 Å². The normalized spacial score (nSPS) is 15.0. The lowest BCUT2D eigenvalue weighted by atomic mass is 10.1. The van der Waals surface area contributed by atoms with Crippen molar-refractivity contribution in [1.29, 1.82) is 0 Å². The number of phosphoric acid groups is 1. The van der Waals surface area contributed by atoms with Gasteiger partial charge >= 0.3 is 25.7 Å². The number of hydrogen-bond acceptors (Lipinski definition) is 9. The van der Waals surface area contributed by atoms with Crippen molar-refractivity contribution in [3.05, 3.63) is 85.1 Å². The van der Waals surface area contributed by atoms with E-state index in [-0.39, 0.29) is 19.4 Å². The zero-order chi connectivity index (χ0) is 36.4. The fourth-order valence-electron chi connectivity index (χ4n) is 3.84. The fraction of sp³-hybridized carbons (Fsp3) is 0.541. The number of esters is 2. The van der Waals surface area contributed by atoms with E-state index in [0.717, 1.165) is 51.4 Å². The molecule has 0 aliphatic heterocycles. The molecule has 0 amide bonds. The van der Waals surface area contributed by atoms with Crippen molar-refractivity contribution in [3.8, 4) is 0 Å². The molecular weight excluding hydrogens is 649 g/mol. The van der Waals surface area contributed by atoms with Crippen LogP contribution in [0.15, 0.2) is 85.1 Å². The van der Waals surface area contributed by atoms with Crippen LogP contribution in [0.2, 0.25) is 0 Å². The van der Waals surface area contributed by atoms with Gasteiger partial charge in [0.25, 0.3) is 0 Å². The summed E-state index contributed by atoms with van der Waals surface area (Å²) in [6.45, 7) is 2.40. The number of phosphoric ester groups is 1. The minimum absolute atomic E-state index is 0.0565. The van der Waals surface area contributed by atoms with Crippen LogP contribution in [-0.2, 0) is 37.5 Å². The van der Waals surface area contributed by atoms with Crippen LogP contribution in [0.25, 0.3) is 0 Å². The molecule has 0 radical (unpaired) electrons. The zero-order valence-corrected chi connectivity index (χ0v) is 30.1. The largest absolute Gasteiger partial charge is 0.480 e. The maximum absolute atomic E-state index is 12.5. The first-order chi connectivity index (χ1) is 23.6. The van der Waals surface area contributed by atoms with Crippen LogP contribution in [0.5, 0.6) is 0 Å². The van der Waals surface area contributed by atoms with E-state index in [2.05, 4.69) is 48.8 Å². The lowest BCUT2D eigenvalue weighted by Crippen LogP contribution is -2.34. The van der Waals surface area contributed by atoms with Gasteiger partial charge in [-0.1, -0.05) is 118 Å². The molecule has 0 saturated heterocycles. The third kappa shape index (κ3) is 31.7. The molecule has 2 unspecified atom stereocenters. The predicted octanol–water partition coefficient (Wildman–Crippen LogP) is 7.99. The third-order valence-electron chi connectivity index (χ3n) is 6.52. The van der Waals surface area contributed by atoms with E-state index in [1.165, 1.54) is 0 Å². The second-order valence-corrected chi connectivity index (χ2v) is 12.5. The van der Waals surface area contributed by atoms with Crippen molar-refractivity contribution < 1.29 is 47.5 Å². The van der Waals surface area contributed by atoms with E-state index in [1.807, 2.05) is 54.7 Å². The van der Waals surface area contributed by atoms with Gasteiger partial charge in [0.15, 0.2) is 6.10 Å². The number of ether oxygens (including phenoxy) is 2. The number of nitrogens with two attached hydrogens (primary N) is 1.